The summed E-state index contributed by atoms with van der Waals surface area (Å²) in [4.78, 5) is 22.6. The summed E-state index contributed by atoms with van der Waals surface area (Å²) in [5.41, 5.74) is 3.80. The smallest absolute Gasteiger partial charge is 0.270 e. The molecule has 30 heavy (non-hydrogen) atoms. The van der Waals surface area contributed by atoms with Crippen LogP contribution in [0.5, 0.6) is 5.75 Å². The maximum atomic E-state index is 12.8. The molecule has 7 heteroatoms. The molecule has 3 heterocycles. The highest BCUT2D eigenvalue weighted by molar-refractivity contribution is 5.94. The van der Waals surface area contributed by atoms with Gasteiger partial charge in [-0.2, -0.15) is 0 Å². The molecule has 0 aliphatic carbocycles. The van der Waals surface area contributed by atoms with Gasteiger partial charge in [0.1, 0.15) is 17.3 Å². The van der Waals surface area contributed by atoms with Crippen molar-refractivity contribution in [2.24, 2.45) is 0 Å². The SMILES string of the molecule is COCCN(C)Cc1cc(N2CCCc3cc(C(=O)N4CCCC4)[nH]c32)ccc1O. The van der Waals surface area contributed by atoms with Gasteiger partial charge in [-0.15, -0.1) is 0 Å². The second-order valence-corrected chi connectivity index (χ2v) is 8.35. The van der Waals surface area contributed by atoms with Crippen molar-refractivity contribution in [2.75, 3.05) is 51.8 Å². The summed E-state index contributed by atoms with van der Waals surface area (Å²) in [6.07, 6.45) is 4.19. The van der Waals surface area contributed by atoms with E-state index in [4.69, 9.17) is 4.74 Å². The predicted octanol–water partition coefficient (Wildman–Crippen LogP) is 3.12. The monoisotopic (exact) mass is 412 g/mol. The molecule has 2 aliphatic heterocycles. The van der Waals surface area contributed by atoms with Gasteiger partial charge in [0.25, 0.3) is 5.91 Å². The summed E-state index contributed by atoms with van der Waals surface area (Å²) in [6.45, 7) is 4.69. The Kier molecular flexibility index (Phi) is 6.29. The lowest BCUT2D eigenvalue weighted by Crippen LogP contribution is -2.28. The number of ether oxygens (including phenoxy) is 1. The quantitative estimate of drug-likeness (QED) is 0.731. The number of carbonyl (C=O) groups is 1. The van der Waals surface area contributed by atoms with Crippen LogP contribution in [0.25, 0.3) is 0 Å². The number of likely N-dealkylation sites (N-methyl/N-ethyl adjacent to an activating group) is 1. The van der Waals surface area contributed by atoms with Gasteiger partial charge in [-0.25, -0.2) is 0 Å². The van der Waals surface area contributed by atoms with Crippen LogP contribution < -0.4 is 4.90 Å². The number of aromatic nitrogens is 1. The molecule has 2 N–H and O–H groups in total. The fourth-order valence-electron chi connectivity index (χ4n) is 4.40. The van der Waals surface area contributed by atoms with Crippen molar-refractivity contribution in [3.63, 3.8) is 0 Å². The predicted molar refractivity (Wildman–Crippen MR) is 118 cm³/mol. The molecule has 0 radical (unpaired) electrons. The maximum Gasteiger partial charge on any atom is 0.270 e. The Labute approximate surface area is 178 Å². The van der Waals surface area contributed by atoms with Crippen LogP contribution in [-0.2, 0) is 17.7 Å². The summed E-state index contributed by atoms with van der Waals surface area (Å²) < 4.78 is 5.15. The molecule has 0 spiro atoms. The van der Waals surface area contributed by atoms with Crippen molar-refractivity contribution in [1.82, 2.24) is 14.8 Å². The molecule has 1 aromatic heterocycles. The number of phenolic OH excluding ortho intramolecular Hbond substituents is 1. The van der Waals surface area contributed by atoms with Crippen LogP contribution >= 0.6 is 0 Å². The number of aromatic hydroxyl groups is 1. The minimum atomic E-state index is 0.105. The van der Waals surface area contributed by atoms with E-state index in [-0.39, 0.29) is 5.91 Å². The van der Waals surface area contributed by atoms with Gasteiger partial charge in [0.2, 0.25) is 0 Å². The summed E-state index contributed by atoms with van der Waals surface area (Å²) in [6, 6.07) is 7.80. The second kappa shape index (κ2) is 9.10. The molecule has 1 saturated heterocycles. The van der Waals surface area contributed by atoms with Crippen LogP contribution in [0.1, 0.15) is 40.9 Å². The number of rotatable bonds is 7. The van der Waals surface area contributed by atoms with E-state index in [9.17, 15) is 9.90 Å². The van der Waals surface area contributed by atoms with E-state index in [0.29, 0.717) is 24.6 Å². The first-order valence-electron chi connectivity index (χ1n) is 10.8. The highest BCUT2D eigenvalue weighted by atomic mass is 16.5. The van der Waals surface area contributed by atoms with Crippen LogP contribution in [0, 0.1) is 0 Å². The van der Waals surface area contributed by atoms with Gasteiger partial charge in [-0.3, -0.25) is 9.69 Å². The first-order chi connectivity index (χ1) is 14.6. The third kappa shape index (κ3) is 4.32. The van der Waals surface area contributed by atoms with Crippen molar-refractivity contribution < 1.29 is 14.6 Å². The Balaban J connectivity index is 1.57. The van der Waals surface area contributed by atoms with Gasteiger partial charge in [-0.1, -0.05) is 0 Å². The molecule has 4 rings (SSSR count). The Morgan fingerprint density at radius 1 is 1.20 bits per heavy atom. The number of phenols is 1. The van der Waals surface area contributed by atoms with E-state index < -0.39 is 0 Å². The summed E-state index contributed by atoms with van der Waals surface area (Å²) in [7, 11) is 3.71. The average Bonchev–Trinajstić information content (AvgIpc) is 3.43. The van der Waals surface area contributed by atoms with Crippen LogP contribution in [0.2, 0.25) is 0 Å². The molecular weight excluding hydrogens is 380 g/mol. The Morgan fingerprint density at radius 2 is 2.00 bits per heavy atom. The van der Waals surface area contributed by atoms with Crippen molar-refractivity contribution in [2.45, 2.75) is 32.2 Å². The zero-order chi connectivity index (χ0) is 21.1. The number of anilines is 2. The normalized spacial score (nSPS) is 16.4. The maximum absolute atomic E-state index is 12.8. The van der Waals surface area contributed by atoms with E-state index >= 15 is 0 Å². The molecule has 7 nitrogen and oxygen atoms in total. The van der Waals surface area contributed by atoms with Crippen molar-refractivity contribution >= 4 is 17.4 Å². The third-order valence-corrected chi connectivity index (χ3v) is 6.09. The Morgan fingerprint density at radius 3 is 2.77 bits per heavy atom. The standard InChI is InChI=1S/C23H32N4O3/c1-25(12-13-30-2)16-18-14-19(7-8-21(18)28)27-11-5-6-17-15-20(24-22(17)27)23(29)26-9-3-4-10-26/h7-8,14-15,24,28H,3-6,9-13,16H2,1-2H3. The Hall–Kier alpha value is -2.51. The van der Waals surface area contributed by atoms with Gasteiger partial charge in [0.15, 0.2) is 0 Å². The number of nitrogens with zero attached hydrogens (tertiary/aromatic N) is 3. The molecule has 1 fully saturated rings. The third-order valence-electron chi connectivity index (χ3n) is 6.09. The lowest BCUT2D eigenvalue weighted by atomic mass is 10.1. The molecule has 0 bridgehead atoms. The molecule has 1 aromatic carbocycles. The topological polar surface area (TPSA) is 72.0 Å². The number of nitrogens with one attached hydrogen (secondary N) is 1. The number of benzene rings is 1. The number of fused-ring (bicyclic) bond motifs is 1. The number of carbonyl (C=O) groups excluding carboxylic acids is 1. The van der Waals surface area contributed by atoms with Gasteiger partial charge in [-0.05, 0) is 62.6 Å². The minimum Gasteiger partial charge on any atom is -0.508 e. The number of amides is 1. The van der Waals surface area contributed by atoms with Crippen LogP contribution in [-0.4, -0.2) is 72.7 Å². The van der Waals surface area contributed by atoms with Crippen LogP contribution in [0.3, 0.4) is 0 Å². The van der Waals surface area contributed by atoms with E-state index in [0.717, 1.165) is 68.9 Å². The minimum absolute atomic E-state index is 0.105. The van der Waals surface area contributed by atoms with E-state index in [1.165, 1.54) is 5.56 Å². The van der Waals surface area contributed by atoms with E-state index in [2.05, 4.69) is 20.9 Å². The molecule has 0 unspecified atom stereocenters. The molecule has 0 saturated carbocycles. The fraction of sp³-hybridized carbons (Fsp3) is 0.522. The number of likely N-dealkylation sites (tertiary alicyclic amines) is 1. The Bertz CT molecular complexity index is 889. The largest absolute Gasteiger partial charge is 0.508 e. The van der Waals surface area contributed by atoms with Crippen LogP contribution in [0.15, 0.2) is 24.3 Å². The lowest BCUT2D eigenvalue weighted by Gasteiger charge is -2.29. The van der Waals surface area contributed by atoms with Crippen molar-refractivity contribution in [3.05, 3.63) is 41.1 Å². The number of hydrogen-bond donors (Lipinski definition) is 2. The van der Waals surface area contributed by atoms with Gasteiger partial charge < -0.3 is 24.6 Å². The molecule has 2 aromatic rings. The first-order valence-corrected chi connectivity index (χ1v) is 10.8. The highest BCUT2D eigenvalue weighted by Crippen LogP contribution is 2.36. The molecule has 162 valence electrons. The highest BCUT2D eigenvalue weighted by Gasteiger charge is 2.26. The zero-order valence-electron chi connectivity index (χ0n) is 18.0. The molecular formula is C23H32N4O3. The van der Waals surface area contributed by atoms with Crippen LogP contribution in [0.4, 0.5) is 11.5 Å². The van der Waals surface area contributed by atoms with Crippen molar-refractivity contribution in [1.29, 1.82) is 0 Å². The summed E-state index contributed by atoms with van der Waals surface area (Å²) >= 11 is 0. The molecule has 0 atom stereocenters. The molecule has 2 aliphatic rings. The first kappa shape index (κ1) is 20.8. The number of hydrogen-bond acceptors (Lipinski definition) is 5. The second-order valence-electron chi connectivity index (χ2n) is 8.35. The average molecular weight is 413 g/mol. The van der Waals surface area contributed by atoms with Gasteiger partial charge in [0.05, 0.1) is 6.61 Å². The van der Waals surface area contributed by atoms with Crippen molar-refractivity contribution in [3.8, 4) is 5.75 Å². The number of aromatic amines is 1. The number of H-pyrrole nitrogens is 1. The van der Waals surface area contributed by atoms with E-state index in [1.807, 2.05) is 24.1 Å². The van der Waals surface area contributed by atoms with Gasteiger partial charge in [0, 0.05) is 51.1 Å². The van der Waals surface area contributed by atoms with Gasteiger partial charge >= 0.3 is 0 Å². The summed E-state index contributed by atoms with van der Waals surface area (Å²) in [5, 5.41) is 10.4. The van der Waals surface area contributed by atoms with E-state index in [1.54, 1.807) is 13.2 Å². The number of aryl methyl sites for hydroxylation is 1. The zero-order valence-corrected chi connectivity index (χ0v) is 18.0. The fourth-order valence-corrected chi connectivity index (χ4v) is 4.40. The lowest BCUT2D eigenvalue weighted by molar-refractivity contribution is 0.0787. The molecule has 1 amide bonds. The summed E-state index contributed by atoms with van der Waals surface area (Å²) in [5.74, 6) is 1.41. The number of methoxy groups -OCH3 is 1.